The van der Waals surface area contributed by atoms with E-state index in [4.69, 9.17) is 13.9 Å². The lowest BCUT2D eigenvalue weighted by Gasteiger charge is -2.18. The van der Waals surface area contributed by atoms with E-state index in [-0.39, 0.29) is 5.91 Å². The van der Waals surface area contributed by atoms with E-state index in [9.17, 15) is 4.79 Å². The van der Waals surface area contributed by atoms with Gasteiger partial charge in [0.15, 0.2) is 11.5 Å². The van der Waals surface area contributed by atoms with E-state index in [1.165, 1.54) is 0 Å². The first-order valence-electron chi connectivity index (χ1n) is 8.75. The normalized spacial score (nSPS) is 10.6. The van der Waals surface area contributed by atoms with E-state index in [1.54, 1.807) is 30.1 Å². The van der Waals surface area contributed by atoms with Gasteiger partial charge in [-0.25, -0.2) is 0 Å². The second kappa shape index (κ2) is 9.16. The smallest absolute Gasteiger partial charge is 0.254 e. The highest BCUT2D eigenvalue weighted by atomic mass is 16.5. The van der Waals surface area contributed by atoms with Crippen molar-refractivity contribution in [3.8, 4) is 11.5 Å². The summed E-state index contributed by atoms with van der Waals surface area (Å²) in [5.41, 5.74) is 0.570. The van der Waals surface area contributed by atoms with E-state index in [2.05, 4.69) is 6.92 Å². The molecule has 136 valence electrons. The summed E-state index contributed by atoms with van der Waals surface area (Å²) in [7, 11) is 1.76. The number of hydrogen-bond donors (Lipinski definition) is 0. The maximum atomic E-state index is 12.7. The van der Waals surface area contributed by atoms with Crippen LogP contribution < -0.4 is 9.47 Å². The first-order valence-corrected chi connectivity index (χ1v) is 8.75. The van der Waals surface area contributed by atoms with Crippen LogP contribution in [0.2, 0.25) is 0 Å². The second-order valence-electron chi connectivity index (χ2n) is 6.03. The molecule has 5 heteroatoms. The van der Waals surface area contributed by atoms with Gasteiger partial charge < -0.3 is 18.8 Å². The highest BCUT2D eigenvalue weighted by Gasteiger charge is 2.16. The molecule has 0 aliphatic heterocycles. The van der Waals surface area contributed by atoms with Crippen LogP contribution >= 0.6 is 0 Å². The van der Waals surface area contributed by atoms with Crippen molar-refractivity contribution in [2.75, 3.05) is 20.3 Å². The van der Waals surface area contributed by atoms with Gasteiger partial charge in [0.1, 0.15) is 11.5 Å². The zero-order valence-electron chi connectivity index (χ0n) is 15.5. The molecule has 0 radical (unpaired) electrons. The van der Waals surface area contributed by atoms with Gasteiger partial charge in [-0.15, -0.1) is 0 Å². The van der Waals surface area contributed by atoms with Crippen LogP contribution in [0.3, 0.4) is 0 Å². The number of rotatable bonds is 9. The summed E-state index contributed by atoms with van der Waals surface area (Å²) < 4.78 is 17.0. The van der Waals surface area contributed by atoms with E-state index in [0.717, 1.165) is 24.4 Å². The van der Waals surface area contributed by atoms with Crippen LogP contribution in [0.5, 0.6) is 11.5 Å². The minimum atomic E-state index is -0.0857. The Balaban J connectivity index is 2.14. The van der Waals surface area contributed by atoms with E-state index >= 15 is 0 Å². The Hall–Kier alpha value is -2.43. The minimum absolute atomic E-state index is 0.0857. The topological polar surface area (TPSA) is 51.9 Å². The lowest BCUT2D eigenvalue weighted by Crippen LogP contribution is -2.26. The van der Waals surface area contributed by atoms with E-state index < -0.39 is 0 Å². The van der Waals surface area contributed by atoms with Gasteiger partial charge in [0.25, 0.3) is 5.91 Å². The lowest BCUT2D eigenvalue weighted by molar-refractivity contribution is 0.0774. The molecular weight excluding hydrogens is 318 g/mol. The third-order valence-corrected chi connectivity index (χ3v) is 3.65. The summed E-state index contributed by atoms with van der Waals surface area (Å²) in [6.45, 7) is 7.61. The summed E-state index contributed by atoms with van der Waals surface area (Å²) in [6.07, 6.45) is 1.81. The molecule has 0 bridgehead atoms. The molecular formula is C20H27NO4. The molecule has 1 heterocycles. The average Bonchev–Trinajstić information content (AvgIpc) is 3.02. The van der Waals surface area contributed by atoms with Gasteiger partial charge in [0.05, 0.1) is 19.8 Å². The van der Waals surface area contributed by atoms with Crippen molar-refractivity contribution >= 4 is 5.91 Å². The Morgan fingerprint density at radius 2 is 1.72 bits per heavy atom. The van der Waals surface area contributed by atoms with Gasteiger partial charge in [-0.2, -0.15) is 0 Å². The number of carbonyl (C=O) groups excluding carboxylic acids is 1. The highest BCUT2D eigenvalue weighted by molar-refractivity contribution is 5.94. The fourth-order valence-electron chi connectivity index (χ4n) is 2.39. The molecule has 0 aliphatic carbocycles. The van der Waals surface area contributed by atoms with Crippen LogP contribution in [0, 0.1) is 6.92 Å². The number of amides is 1. The third-order valence-electron chi connectivity index (χ3n) is 3.65. The molecule has 0 saturated carbocycles. The summed E-state index contributed by atoms with van der Waals surface area (Å²) in [4.78, 5) is 14.3. The van der Waals surface area contributed by atoms with Gasteiger partial charge in [-0.3, -0.25) is 4.79 Å². The van der Waals surface area contributed by atoms with Gasteiger partial charge in [-0.1, -0.05) is 13.8 Å². The van der Waals surface area contributed by atoms with Gasteiger partial charge in [0, 0.05) is 12.6 Å². The maximum Gasteiger partial charge on any atom is 0.254 e. The summed E-state index contributed by atoms with van der Waals surface area (Å²) >= 11 is 0. The predicted molar refractivity (Wildman–Crippen MR) is 97.3 cm³/mol. The van der Waals surface area contributed by atoms with Crippen molar-refractivity contribution in [3.63, 3.8) is 0 Å². The number of carbonyl (C=O) groups is 1. The summed E-state index contributed by atoms with van der Waals surface area (Å²) in [5, 5.41) is 0. The molecule has 2 rings (SSSR count). The Labute approximate surface area is 149 Å². The second-order valence-corrected chi connectivity index (χ2v) is 6.03. The standard InChI is InChI=1S/C20H27NO4/c1-5-11-23-18-10-8-16(13-19(18)24-12-6-2)20(22)21(4)14-17-9-7-15(3)25-17/h7-10,13H,5-6,11-12,14H2,1-4H3. The Morgan fingerprint density at radius 3 is 2.32 bits per heavy atom. The zero-order valence-corrected chi connectivity index (χ0v) is 15.5. The summed E-state index contributed by atoms with van der Waals surface area (Å²) in [5.74, 6) is 2.80. The highest BCUT2D eigenvalue weighted by Crippen LogP contribution is 2.29. The number of benzene rings is 1. The molecule has 5 nitrogen and oxygen atoms in total. The third kappa shape index (κ3) is 5.28. The van der Waals surface area contributed by atoms with Crippen molar-refractivity contribution in [3.05, 3.63) is 47.4 Å². The first kappa shape index (κ1) is 18.9. The molecule has 0 saturated heterocycles. The first-order chi connectivity index (χ1) is 12.0. The molecule has 0 aliphatic rings. The van der Waals surface area contributed by atoms with Crippen LogP contribution in [-0.4, -0.2) is 31.1 Å². The fraction of sp³-hybridized carbons (Fsp3) is 0.450. The van der Waals surface area contributed by atoms with Crippen molar-refractivity contribution in [1.82, 2.24) is 4.90 Å². The van der Waals surface area contributed by atoms with Crippen LogP contribution in [0.15, 0.2) is 34.7 Å². The SMILES string of the molecule is CCCOc1ccc(C(=O)N(C)Cc2ccc(C)o2)cc1OCCC. The molecule has 1 aromatic carbocycles. The summed E-state index contributed by atoms with van der Waals surface area (Å²) in [6, 6.07) is 9.11. The average molecular weight is 345 g/mol. The Kier molecular flexibility index (Phi) is 6.92. The zero-order chi connectivity index (χ0) is 18.2. The van der Waals surface area contributed by atoms with Crippen molar-refractivity contribution < 1.29 is 18.7 Å². The van der Waals surface area contributed by atoms with Gasteiger partial charge in [-0.05, 0) is 50.1 Å². The Bertz CT molecular complexity index is 693. The van der Waals surface area contributed by atoms with E-state index in [0.29, 0.717) is 36.8 Å². The lowest BCUT2D eigenvalue weighted by atomic mass is 10.1. The molecule has 0 spiro atoms. The Morgan fingerprint density at radius 1 is 1.04 bits per heavy atom. The molecule has 0 N–H and O–H groups in total. The quantitative estimate of drug-likeness (QED) is 0.674. The molecule has 0 unspecified atom stereocenters. The van der Waals surface area contributed by atoms with Crippen molar-refractivity contribution in [2.24, 2.45) is 0 Å². The van der Waals surface area contributed by atoms with E-state index in [1.807, 2.05) is 26.0 Å². The van der Waals surface area contributed by atoms with Crippen molar-refractivity contribution in [2.45, 2.75) is 40.2 Å². The number of furan rings is 1. The van der Waals surface area contributed by atoms with Crippen LogP contribution in [0.25, 0.3) is 0 Å². The van der Waals surface area contributed by atoms with Crippen molar-refractivity contribution in [1.29, 1.82) is 0 Å². The molecule has 1 aromatic heterocycles. The minimum Gasteiger partial charge on any atom is -0.490 e. The maximum absolute atomic E-state index is 12.7. The molecule has 2 aromatic rings. The van der Waals surface area contributed by atoms with Gasteiger partial charge >= 0.3 is 0 Å². The number of ether oxygens (including phenoxy) is 2. The molecule has 1 amide bonds. The van der Waals surface area contributed by atoms with Crippen LogP contribution in [0.4, 0.5) is 0 Å². The van der Waals surface area contributed by atoms with Crippen LogP contribution in [-0.2, 0) is 6.54 Å². The van der Waals surface area contributed by atoms with Crippen LogP contribution in [0.1, 0.15) is 48.6 Å². The fourth-order valence-corrected chi connectivity index (χ4v) is 2.39. The molecule has 25 heavy (non-hydrogen) atoms. The predicted octanol–water partition coefficient (Wildman–Crippen LogP) is 4.44. The largest absolute Gasteiger partial charge is 0.490 e. The van der Waals surface area contributed by atoms with Gasteiger partial charge in [0.2, 0.25) is 0 Å². The molecule has 0 fully saturated rings. The monoisotopic (exact) mass is 345 g/mol. The number of aryl methyl sites for hydroxylation is 1. The molecule has 0 atom stereocenters. The number of nitrogens with zero attached hydrogens (tertiary/aromatic N) is 1. The number of hydrogen-bond acceptors (Lipinski definition) is 4.